The Bertz CT molecular complexity index is 917. The van der Waals surface area contributed by atoms with E-state index in [1.165, 1.54) is 0 Å². The first-order valence-electron chi connectivity index (χ1n) is 10.5. The highest BCUT2D eigenvalue weighted by Crippen LogP contribution is 2.46. The van der Waals surface area contributed by atoms with E-state index in [1.54, 1.807) is 29.2 Å². The summed E-state index contributed by atoms with van der Waals surface area (Å²) in [6.45, 7) is 6.62. The highest BCUT2D eigenvalue weighted by Gasteiger charge is 2.49. The van der Waals surface area contributed by atoms with Crippen molar-refractivity contribution in [1.82, 2.24) is 10.2 Å². The van der Waals surface area contributed by atoms with Crippen LogP contribution >= 0.6 is 11.6 Å². The maximum absolute atomic E-state index is 12.9. The lowest BCUT2D eigenvalue weighted by atomic mass is 9.66. The van der Waals surface area contributed by atoms with Crippen molar-refractivity contribution < 1.29 is 14.7 Å². The lowest BCUT2D eigenvalue weighted by Crippen LogP contribution is -2.57. The van der Waals surface area contributed by atoms with Crippen molar-refractivity contribution in [1.29, 1.82) is 0 Å². The lowest BCUT2D eigenvalue weighted by Gasteiger charge is -2.50. The second kappa shape index (κ2) is 9.28. The number of aliphatic hydroxyl groups is 1. The Kier molecular flexibility index (Phi) is 6.92. The first-order chi connectivity index (χ1) is 14.6. The van der Waals surface area contributed by atoms with Gasteiger partial charge in [-0.2, -0.15) is 0 Å². The Morgan fingerprint density at radius 3 is 2.39 bits per heavy atom. The molecule has 3 amide bonds. The van der Waals surface area contributed by atoms with Crippen LogP contribution in [-0.2, 0) is 10.4 Å². The number of urea groups is 1. The number of carbonyl (C=O) groups excluding carboxylic acids is 2. The Morgan fingerprint density at radius 2 is 1.77 bits per heavy atom. The van der Waals surface area contributed by atoms with Gasteiger partial charge in [-0.3, -0.25) is 4.79 Å². The van der Waals surface area contributed by atoms with E-state index in [1.807, 2.05) is 51.1 Å². The highest BCUT2D eigenvalue weighted by atomic mass is 35.5. The molecule has 0 spiro atoms. The molecule has 1 aliphatic heterocycles. The molecular formula is C24H30ClN3O3. The number of hydrogen-bond donors (Lipinski definition) is 3. The molecule has 1 heterocycles. The molecule has 1 fully saturated rings. The van der Waals surface area contributed by atoms with Gasteiger partial charge in [0, 0.05) is 41.7 Å². The standard InChI is InChI=1S/C24H30ClN3O3/c1-17(26-22(30)27-20-7-5-4-6-8-20)15-21(29)28-14-13-24(31,23(2,3)16-28)18-9-11-19(25)12-10-18/h4-12,17,31H,13-16H2,1-3H3,(H2,26,27,30)/t17-,24+/m1/s1. The molecule has 0 saturated carbocycles. The number of likely N-dealkylation sites (tertiary alicyclic amines) is 1. The average molecular weight is 444 g/mol. The molecule has 2 aromatic carbocycles. The van der Waals surface area contributed by atoms with Gasteiger partial charge in [0.1, 0.15) is 0 Å². The minimum absolute atomic E-state index is 0.0428. The van der Waals surface area contributed by atoms with Crippen LogP contribution in [0.15, 0.2) is 54.6 Å². The van der Waals surface area contributed by atoms with Gasteiger partial charge in [-0.05, 0) is 43.2 Å². The van der Waals surface area contributed by atoms with E-state index in [2.05, 4.69) is 10.6 Å². The van der Waals surface area contributed by atoms with E-state index in [9.17, 15) is 14.7 Å². The van der Waals surface area contributed by atoms with Crippen molar-refractivity contribution in [2.75, 3.05) is 18.4 Å². The number of hydrogen-bond acceptors (Lipinski definition) is 3. The van der Waals surface area contributed by atoms with E-state index in [4.69, 9.17) is 11.6 Å². The summed E-state index contributed by atoms with van der Waals surface area (Å²) in [5, 5.41) is 17.6. The van der Waals surface area contributed by atoms with E-state index in [0.29, 0.717) is 30.2 Å². The summed E-state index contributed by atoms with van der Waals surface area (Å²) < 4.78 is 0. The molecule has 3 rings (SSSR count). The number of anilines is 1. The van der Waals surface area contributed by atoms with Gasteiger partial charge in [-0.15, -0.1) is 0 Å². The summed E-state index contributed by atoms with van der Waals surface area (Å²) in [6, 6.07) is 15.7. The molecule has 166 valence electrons. The van der Waals surface area contributed by atoms with Crippen LogP contribution in [0.25, 0.3) is 0 Å². The van der Waals surface area contributed by atoms with Crippen LogP contribution < -0.4 is 10.6 Å². The third kappa shape index (κ3) is 5.38. The number of carbonyl (C=O) groups is 2. The maximum Gasteiger partial charge on any atom is 0.319 e. The summed E-state index contributed by atoms with van der Waals surface area (Å²) in [6.07, 6.45) is 0.626. The van der Waals surface area contributed by atoms with Crippen LogP contribution in [0, 0.1) is 5.41 Å². The fraction of sp³-hybridized carbons (Fsp3) is 0.417. The number of nitrogens with one attached hydrogen (secondary N) is 2. The third-order valence-corrected chi connectivity index (χ3v) is 6.27. The summed E-state index contributed by atoms with van der Waals surface area (Å²) in [5.74, 6) is -0.0428. The Balaban J connectivity index is 1.57. The zero-order chi connectivity index (χ0) is 22.6. The van der Waals surface area contributed by atoms with Crippen LogP contribution in [0.1, 0.15) is 39.2 Å². The Hall–Kier alpha value is -2.57. The number of benzene rings is 2. The van der Waals surface area contributed by atoms with Crippen LogP contribution in [-0.4, -0.2) is 41.1 Å². The van der Waals surface area contributed by atoms with Crippen molar-refractivity contribution in [3.8, 4) is 0 Å². The predicted octanol–water partition coefficient (Wildman–Crippen LogP) is 4.39. The minimum atomic E-state index is -1.05. The summed E-state index contributed by atoms with van der Waals surface area (Å²) >= 11 is 5.99. The van der Waals surface area contributed by atoms with Crippen LogP contribution in [0.4, 0.5) is 10.5 Å². The summed E-state index contributed by atoms with van der Waals surface area (Å²) in [7, 11) is 0. The zero-order valence-electron chi connectivity index (χ0n) is 18.2. The van der Waals surface area contributed by atoms with E-state index >= 15 is 0 Å². The number of nitrogens with zero attached hydrogens (tertiary/aromatic N) is 1. The largest absolute Gasteiger partial charge is 0.384 e. The topological polar surface area (TPSA) is 81.7 Å². The Morgan fingerprint density at radius 1 is 1.13 bits per heavy atom. The molecule has 0 unspecified atom stereocenters. The fourth-order valence-corrected chi connectivity index (χ4v) is 4.28. The molecule has 6 nitrogen and oxygen atoms in total. The number of para-hydroxylation sites is 1. The van der Waals surface area contributed by atoms with Gasteiger partial charge in [0.05, 0.1) is 5.60 Å². The van der Waals surface area contributed by atoms with E-state index in [0.717, 1.165) is 5.56 Å². The SMILES string of the molecule is C[C@H](CC(=O)N1CC[C@](O)(c2ccc(Cl)cc2)C(C)(C)C1)NC(=O)Nc1ccccc1. The van der Waals surface area contributed by atoms with Gasteiger partial charge < -0.3 is 20.6 Å². The van der Waals surface area contributed by atoms with E-state index < -0.39 is 11.0 Å². The first-order valence-corrected chi connectivity index (χ1v) is 10.9. The molecule has 3 N–H and O–H groups in total. The molecule has 0 aromatic heterocycles. The minimum Gasteiger partial charge on any atom is -0.384 e. The zero-order valence-corrected chi connectivity index (χ0v) is 18.9. The monoisotopic (exact) mass is 443 g/mol. The normalized spacial score (nSPS) is 21.3. The first kappa shape index (κ1) is 23.1. The molecule has 31 heavy (non-hydrogen) atoms. The van der Waals surface area contributed by atoms with Crippen molar-refractivity contribution in [3.05, 3.63) is 65.2 Å². The lowest BCUT2D eigenvalue weighted by molar-refractivity contribution is -0.153. The fourth-order valence-electron chi connectivity index (χ4n) is 4.15. The highest BCUT2D eigenvalue weighted by molar-refractivity contribution is 6.30. The molecule has 1 aliphatic rings. The number of amides is 3. The molecule has 2 aromatic rings. The second-order valence-electron chi connectivity index (χ2n) is 8.89. The second-order valence-corrected chi connectivity index (χ2v) is 9.32. The van der Waals surface area contributed by atoms with Crippen molar-refractivity contribution in [2.45, 2.75) is 45.3 Å². The van der Waals surface area contributed by atoms with Crippen LogP contribution in [0.2, 0.25) is 5.02 Å². The van der Waals surface area contributed by atoms with Crippen molar-refractivity contribution in [2.24, 2.45) is 5.41 Å². The number of piperidine rings is 1. The van der Waals surface area contributed by atoms with E-state index in [-0.39, 0.29) is 24.4 Å². The molecule has 0 aliphatic carbocycles. The maximum atomic E-state index is 12.9. The van der Waals surface area contributed by atoms with Gasteiger partial charge in [-0.25, -0.2) is 4.79 Å². The quantitative estimate of drug-likeness (QED) is 0.641. The van der Waals surface area contributed by atoms with Gasteiger partial charge in [0.15, 0.2) is 0 Å². The summed E-state index contributed by atoms with van der Waals surface area (Å²) in [5.41, 5.74) is -0.0939. The molecule has 2 atom stereocenters. The predicted molar refractivity (Wildman–Crippen MR) is 123 cm³/mol. The molecule has 0 radical (unpaired) electrons. The summed E-state index contributed by atoms with van der Waals surface area (Å²) in [4.78, 5) is 26.8. The van der Waals surface area contributed by atoms with Gasteiger partial charge in [0.25, 0.3) is 0 Å². The molecule has 0 bridgehead atoms. The number of halogens is 1. The van der Waals surface area contributed by atoms with Crippen LogP contribution in [0.3, 0.4) is 0 Å². The molecule has 1 saturated heterocycles. The average Bonchev–Trinajstić information content (AvgIpc) is 2.71. The van der Waals surface area contributed by atoms with Crippen molar-refractivity contribution >= 4 is 29.2 Å². The van der Waals surface area contributed by atoms with Crippen molar-refractivity contribution in [3.63, 3.8) is 0 Å². The third-order valence-electron chi connectivity index (χ3n) is 6.01. The molecular weight excluding hydrogens is 414 g/mol. The van der Waals surface area contributed by atoms with Gasteiger partial charge in [-0.1, -0.05) is 55.8 Å². The van der Waals surface area contributed by atoms with Gasteiger partial charge >= 0.3 is 6.03 Å². The molecule has 7 heteroatoms. The Labute approximate surface area is 188 Å². The number of rotatable bonds is 5. The smallest absolute Gasteiger partial charge is 0.319 e. The van der Waals surface area contributed by atoms with Gasteiger partial charge in [0.2, 0.25) is 5.91 Å². The van der Waals surface area contributed by atoms with Crippen LogP contribution in [0.5, 0.6) is 0 Å².